The molecular formula is C15H23N3O2S. The molecule has 2 fully saturated rings. The molecule has 6 heteroatoms. The highest BCUT2D eigenvalue weighted by atomic mass is 32.1. The number of fused-ring (bicyclic) bond motifs is 1. The standard InChI is InChI=1S/C15H23N3O2S/c1-9-18-10(8-21-9)4-6-17-13(19)15(16)11-5-7-20-12(11)14(15,2)3/h8,11-12H,4-7,16H2,1-3H3,(H,17,19). The molecule has 0 spiro atoms. The van der Waals surface area contributed by atoms with Crippen LogP contribution in [0, 0.1) is 18.3 Å². The van der Waals surface area contributed by atoms with Gasteiger partial charge in [0, 0.05) is 36.3 Å². The Bertz CT molecular complexity index is 557. The number of amides is 1. The molecule has 1 aliphatic heterocycles. The van der Waals surface area contributed by atoms with E-state index in [4.69, 9.17) is 10.5 Å². The van der Waals surface area contributed by atoms with Crippen molar-refractivity contribution in [2.24, 2.45) is 17.1 Å². The first-order valence-electron chi connectivity index (χ1n) is 7.47. The number of aromatic nitrogens is 1. The molecule has 3 N–H and O–H groups in total. The number of nitrogens with two attached hydrogens (primary N) is 1. The lowest BCUT2D eigenvalue weighted by molar-refractivity contribution is -0.175. The summed E-state index contributed by atoms with van der Waals surface area (Å²) < 4.78 is 5.72. The predicted octanol–water partition coefficient (Wildman–Crippen LogP) is 1.25. The van der Waals surface area contributed by atoms with Crippen LogP contribution in [0.15, 0.2) is 5.38 Å². The fraction of sp³-hybridized carbons (Fsp3) is 0.733. The lowest BCUT2D eigenvalue weighted by Crippen LogP contribution is -2.80. The molecule has 1 saturated heterocycles. The van der Waals surface area contributed by atoms with Crippen LogP contribution in [-0.2, 0) is 16.0 Å². The summed E-state index contributed by atoms with van der Waals surface area (Å²) in [7, 11) is 0. The molecule has 1 aliphatic carbocycles. The zero-order valence-electron chi connectivity index (χ0n) is 12.8. The summed E-state index contributed by atoms with van der Waals surface area (Å²) in [6.07, 6.45) is 1.75. The second kappa shape index (κ2) is 5.04. The monoisotopic (exact) mass is 309 g/mol. The predicted molar refractivity (Wildman–Crippen MR) is 82.1 cm³/mol. The summed E-state index contributed by atoms with van der Waals surface area (Å²) in [5.74, 6) is 0.0974. The number of aryl methyl sites for hydroxylation is 1. The van der Waals surface area contributed by atoms with E-state index in [1.807, 2.05) is 26.2 Å². The van der Waals surface area contributed by atoms with E-state index in [-0.39, 0.29) is 23.3 Å². The van der Waals surface area contributed by atoms with Crippen molar-refractivity contribution in [1.82, 2.24) is 10.3 Å². The van der Waals surface area contributed by atoms with E-state index >= 15 is 0 Å². The molecule has 1 saturated carbocycles. The first-order chi connectivity index (χ1) is 9.87. The van der Waals surface area contributed by atoms with E-state index in [9.17, 15) is 4.79 Å². The van der Waals surface area contributed by atoms with Gasteiger partial charge < -0.3 is 15.8 Å². The second-order valence-electron chi connectivity index (χ2n) is 6.64. The van der Waals surface area contributed by atoms with E-state index in [2.05, 4.69) is 10.3 Å². The number of hydrogen-bond donors (Lipinski definition) is 2. The molecule has 0 radical (unpaired) electrons. The van der Waals surface area contributed by atoms with Crippen LogP contribution in [0.3, 0.4) is 0 Å². The number of thiazole rings is 1. The van der Waals surface area contributed by atoms with Crippen molar-refractivity contribution in [3.05, 3.63) is 16.1 Å². The minimum atomic E-state index is -0.813. The zero-order valence-corrected chi connectivity index (χ0v) is 13.6. The van der Waals surface area contributed by atoms with E-state index in [1.54, 1.807) is 11.3 Å². The van der Waals surface area contributed by atoms with E-state index in [1.165, 1.54) is 0 Å². The number of ether oxygens (including phenoxy) is 1. The summed E-state index contributed by atoms with van der Waals surface area (Å²) in [5, 5.41) is 6.09. The summed E-state index contributed by atoms with van der Waals surface area (Å²) in [4.78, 5) is 17.0. The number of hydrogen-bond acceptors (Lipinski definition) is 5. The summed E-state index contributed by atoms with van der Waals surface area (Å²) in [6.45, 7) is 7.34. The van der Waals surface area contributed by atoms with Gasteiger partial charge in [-0.05, 0) is 13.3 Å². The Balaban J connectivity index is 1.60. The normalized spacial score (nSPS) is 33.3. The molecule has 3 atom stereocenters. The van der Waals surface area contributed by atoms with Crippen molar-refractivity contribution >= 4 is 17.2 Å². The second-order valence-corrected chi connectivity index (χ2v) is 7.70. The number of rotatable bonds is 4. The van der Waals surface area contributed by atoms with Crippen LogP contribution in [0.2, 0.25) is 0 Å². The van der Waals surface area contributed by atoms with Gasteiger partial charge in [0.15, 0.2) is 0 Å². The Morgan fingerprint density at radius 3 is 3.05 bits per heavy atom. The van der Waals surface area contributed by atoms with Crippen LogP contribution in [-0.4, -0.2) is 35.7 Å². The van der Waals surface area contributed by atoms with Crippen molar-refractivity contribution in [2.75, 3.05) is 13.2 Å². The SMILES string of the molecule is Cc1nc(CCNC(=O)C2(N)C3CCOC3C2(C)C)cs1. The molecule has 21 heavy (non-hydrogen) atoms. The third-order valence-electron chi connectivity index (χ3n) is 5.16. The third-order valence-corrected chi connectivity index (χ3v) is 5.99. The van der Waals surface area contributed by atoms with Crippen LogP contribution in [0.25, 0.3) is 0 Å². The lowest BCUT2D eigenvalue weighted by atomic mass is 9.48. The average molecular weight is 309 g/mol. The maximum Gasteiger partial charge on any atom is 0.241 e. The van der Waals surface area contributed by atoms with Crippen molar-refractivity contribution in [1.29, 1.82) is 0 Å². The molecule has 2 heterocycles. The van der Waals surface area contributed by atoms with Crippen LogP contribution < -0.4 is 11.1 Å². The summed E-state index contributed by atoms with van der Waals surface area (Å²) >= 11 is 1.63. The van der Waals surface area contributed by atoms with Gasteiger partial charge in [-0.3, -0.25) is 4.79 Å². The Kier molecular flexibility index (Phi) is 3.58. The fourth-order valence-electron chi connectivity index (χ4n) is 3.82. The number of nitrogens with one attached hydrogen (secondary N) is 1. The number of nitrogens with zero attached hydrogens (tertiary/aromatic N) is 1. The molecule has 0 aromatic carbocycles. The maximum atomic E-state index is 12.6. The molecule has 0 bridgehead atoms. The molecule has 3 rings (SSSR count). The molecule has 5 nitrogen and oxygen atoms in total. The first-order valence-corrected chi connectivity index (χ1v) is 8.35. The van der Waals surface area contributed by atoms with E-state index in [0.29, 0.717) is 13.2 Å². The maximum absolute atomic E-state index is 12.6. The van der Waals surface area contributed by atoms with Gasteiger partial charge in [-0.25, -0.2) is 4.98 Å². The smallest absolute Gasteiger partial charge is 0.241 e. The Hall–Kier alpha value is -0.980. The molecule has 1 amide bonds. The van der Waals surface area contributed by atoms with Crippen molar-refractivity contribution in [3.63, 3.8) is 0 Å². The minimum absolute atomic E-state index is 0.0498. The minimum Gasteiger partial charge on any atom is -0.377 e. The Labute approximate surface area is 129 Å². The molecule has 1 aromatic rings. The molecular weight excluding hydrogens is 286 g/mol. The van der Waals surface area contributed by atoms with Gasteiger partial charge in [-0.1, -0.05) is 13.8 Å². The van der Waals surface area contributed by atoms with Crippen LogP contribution in [0.4, 0.5) is 0 Å². The Morgan fingerprint density at radius 1 is 1.62 bits per heavy atom. The van der Waals surface area contributed by atoms with Gasteiger partial charge >= 0.3 is 0 Å². The van der Waals surface area contributed by atoms with Crippen molar-refractivity contribution < 1.29 is 9.53 Å². The van der Waals surface area contributed by atoms with E-state index in [0.717, 1.165) is 23.5 Å². The molecule has 2 aliphatic rings. The van der Waals surface area contributed by atoms with Crippen molar-refractivity contribution in [3.8, 4) is 0 Å². The zero-order chi connectivity index (χ0) is 15.3. The largest absolute Gasteiger partial charge is 0.377 e. The van der Waals surface area contributed by atoms with E-state index < -0.39 is 5.54 Å². The topological polar surface area (TPSA) is 77.2 Å². The van der Waals surface area contributed by atoms with Gasteiger partial charge in [0.25, 0.3) is 0 Å². The third kappa shape index (κ3) is 2.12. The summed E-state index contributed by atoms with van der Waals surface area (Å²) in [5.41, 5.74) is 6.39. The highest BCUT2D eigenvalue weighted by molar-refractivity contribution is 7.09. The quantitative estimate of drug-likeness (QED) is 0.877. The molecule has 1 aromatic heterocycles. The first kappa shape index (κ1) is 14.9. The lowest BCUT2D eigenvalue weighted by Gasteiger charge is -2.60. The van der Waals surface area contributed by atoms with Gasteiger partial charge in [0.1, 0.15) is 5.54 Å². The van der Waals surface area contributed by atoms with Crippen LogP contribution in [0.1, 0.15) is 31.0 Å². The summed E-state index contributed by atoms with van der Waals surface area (Å²) in [6, 6.07) is 0. The highest BCUT2D eigenvalue weighted by Gasteiger charge is 2.71. The van der Waals surface area contributed by atoms with Gasteiger partial charge in [0.05, 0.1) is 16.8 Å². The molecule has 116 valence electrons. The fourth-order valence-corrected chi connectivity index (χ4v) is 4.47. The number of carbonyl (C=O) groups is 1. The average Bonchev–Trinajstić information content (AvgIpc) is 3.05. The van der Waals surface area contributed by atoms with Crippen LogP contribution in [0.5, 0.6) is 0 Å². The van der Waals surface area contributed by atoms with Gasteiger partial charge in [-0.15, -0.1) is 11.3 Å². The molecule has 3 unspecified atom stereocenters. The van der Waals surface area contributed by atoms with Gasteiger partial charge in [-0.2, -0.15) is 0 Å². The van der Waals surface area contributed by atoms with Gasteiger partial charge in [0.2, 0.25) is 5.91 Å². The Morgan fingerprint density at radius 2 is 2.38 bits per heavy atom. The van der Waals surface area contributed by atoms with Crippen LogP contribution >= 0.6 is 11.3 Å². The van der Waals surface area contributed by atoms with Crippen molar-refractivity contribution in [2.45, 2.75) is 45.3 Å². The highest BCUT2D eigenvalue weighted by Crippen LogP contribution is 2.58. The number of carbonyl (C=O) groups excluding carboxylic acids is 1.